The van der Waals surface area contributed by atoms with Gasteiger partial charge in [0, 0.05) is 25.1 Å². The van der Waals surface area contributed by atoms with Gasteiger partial charge in [0.05, 0.1) is 25.7 Å². The van der Waals surface area contributed by atoms with Gasteiger partial charge in [-0.2, -0.15) is 4.98 Å². The lowest BCUT2D eigenvalue weighted by molar-refractivity contribution is -0.150. The second-order valence-electron chi connectivity index (χ2n) is 7.57. The van der Waals surface area contributed by atoms with E-state index in [9.17, 15) is 9.59 Å². The lowest BCUT2D eigenvalue weighted by Crippen LogP contribution is -2.35. The van der Waals surface area contributed by atoms with Gasteiger partial charge < -0.3 is 23.6 Å². The molecule has 2 heterocycles. The largest absolute Gasteiger partial charge is 0.497 e. The highest BCUT2D eigenvalue weighted by Crippen LogP contribution is 2.32. The van der Waals surface area contributed by atoms with Crippen LogP contribution in [0.1, 0.15) is 38.0 Å². The Balaban J connectivity index is 1.36. The maximum Gasteiger partial charge on any atom is 0.311 e. The predicted octanol–water partition coefficient (Wildman–Crippen LogP) is 2.59. The van der Waals surface area contributed by atoms with E-state index in [2.05, 4.69) is 10.1 Å². The summed E-state index contributed by atoms with van der Waals surface area (Å²) >= 11 is 0. The molecule has 2 aliphatic rings. The third kappa shape index (κ3) is 4.10. The summed E-state index contributed by atoms with van der Waals surface area (Å²) in [6.07, 6.45) is 4.53. The quantitative estimate of drug-likeness (QED) is 0.636. The molecule has 160 valence electrons. The average molecular weight is 415 g/mol. The van der Waals surface area contributed by atoms with E-state index >= 15 is 0 Å². The van der Waals surface area contributed by atoms with Crippen molar-refractivity contribution < 1.29 is 28.3 Å². The number of rotatable bonds is 7. The van der Waals surface area contributed by atoms with Crippen LogP contribution in [0.4, 0.5) is 0 Å². The molecule has 1 aromatic carbocycles. The highest BCUT2D eigenvalue weighted by atomic mass is 16.6. The van der Waals surface area contributed by atoms with Gasteiger partial charge in [-0.25, -0.2) is 0 Å². The third-order valence-corrected chi connectivity index (χ3v) is 5.71. The Bertz CT molecular complexity index is 921. The summed E-state index contributed by atoms with van der Waals surface area (Å²) in [5.41, 5.74) is 0.633. The Labute approximate surface area is 174 Å². The SMILES string of the molecule is COc1ccc(-c2noc(COC(=O)[C@H]3CC(=O)N(C4CCCC4)C3)n2)c(OC)c1. The summed E-state index contributed by atoms with van der Waals surface area (Å²) < 4.78 is 21.1. The maximum absolute atomic E-state index is 12.4. The highest BCUT2D eigenvalue weighted by Gasteiger charge is 2.39. The normalized spacial score (nSPS) is 19.3. The number of esters is 1. The van der Waals surface area contributed by atoms with E-state index in [0.29, 0.717) is 29.4 Å². The van der Waals surface area contributed by atoms with Crippen molar-refractivity contribution in [1.82, 2.24) is 15.0 Å². The number of hydrogen-bond acceptors (Lipinski definition) is 8. The average Bonchev–Trinajstić information content (AvgIpc) is 3.52. The van der Waals surface area contributed by atoms with Crippen LogP contribution >= 0.6 is 0 Å². The van der Waals surface area contributed by atoms with E-state index in [1.54, 1.807) is 32.4 Å². The van der Waals surface area contributed by atoms with E-state index in [4.69, 9.17) is 18.7 Å². The molecule has 0 N–H and O–H groups in total. The minimum atomic E-state index is -0.442. The lowest BCUT2D eigenvalue weighted by atomic mass is 10.1. The minimum absolute atomic E-state index is 0.0375. The Morgan fingerprint density at radius 1 is 1.23 bits per heavy atom. The van der Waals surface area contributed by atoms with Gasteiger partial charge in [-0.1, -0.05) is 18.0 Å². The third-order valence-electron chi connectivity index (χ3n) is 5.71. The summed E-state index contributed by atoms with van der Waals surface area (Å²) in [5, 5.41) is 3.94. The second-order valence-corrected chi connectivity index (χ2v) is 7.57. The molecular weight excluding hydrogens is 390 g/mol. The van der Waals surface area contributed by atoms with Gasteiger partial charge >= 0.3 is 5.97 Å². The first-order chi connectivity index (χ1) is 14.6. The van der Waals surface area contributed by atoms with Crippen LogP contribution in [0.25, 0.3) is 11.4 Å². The number of amides is 1. The number of carbonyl (C=O) groups is 2. The molecule has 9 nitrogen and oxygen atoms in total. The molecule has 30 heavy (non-hydrogen) atoms. The molecule has 0 unspecified atom stereocenters. The molecule has 2 fully saturated rings. The monoisotopic (exact) mass is 415 g/mol. The number of methoxy groups -OCH3 is 2. The summed E-state index contributed by atoms with van der Waals surface area (Å²) in [5.74, 6) is 0.863. The number of ether oxygens (including phenoxy) is 3. The van der Waals surface area contributed by atoms with Crippen molar-refractivity contribution >= 4 is 11.9 Å². The van der Waals surface area contributed by atoms with Crippen LogP contribution in [0.5, 0.6) is 11.5 Å². The van der Waals surface area contributed by atoms with Crippen LogP contribution in [0, 0.1) is 5.92 Å². The predicted molar refractivity (Wildman–Crippen MR) is 105 cm³/mol. The summed E-state index contributed by atoms with van der Waals surface area (Å²) in [7, 11) is 3.11. The molecule has 1 saturated carbocycles. The smallest absolute Gasteiger partial charge is 0.311 e. The molecule has 1 atom stereocenters. The standard InChI is InChI=1S/C21H25N3O6/c1-27-15-7-8-16(17(10-15)28-2)20-22-18(30-23-20)12-29-21(26)13-9-19(25)24(11-13)14-5-3-4-6-14/h7-8,10,13-14H,3-6,9,11-12H2,1-2H3/t13-/m0/s1. The van der Waals surface area contributed by atoms with E-state index in [1.807, 2.05) is 4.90 Å². The molecule has 9 heteroatoms. The number of hydrogen-bond donors (Lipinski definition) is 0. The van der Waals surface area contributed by atoms with Crippen molar-refractivity contribution in [2.45, 2.75) is 44.8 Å². The number of likely N-dealkylation sites (tertiary alicyclic amines) is 1. The molecule has 2 aromatic rings. The van der Waals surface area contributed by atoms with E-state index in [1.165, 1.54) is 0 Å². The van der Waals surface area contributed by atoms with Gasteiger partial charge in [0.15, 0.2) is 6.61 Å². The maximum atomic E-state index is 12.4. The fraction of sp³-hybridized carbons (Fsp3) is 0.524. The molecule has 1 aliphatic heterocycles. The fourth-order valence-electron chi connectivity index (χ4n) is 4.12. The molecule has 1 aromatic heterocycles. The van der Waals surface area contributed by atoms with Crippen molar-refractivity contribution in [3.8, 4) is 22.9 Å². The van der Waals surface area contributed by atoms with Crippen LogP contribution in [0.15, 0.2) is 22.7 Å². The fourth-order valence-corrected chi connectivity index (χ4v) is 4.12. The lowest BCUT2D eigenvalue weighted by Gasteiger charge is -2.23. The van der Waals surface area contributed by atoms with E-state index in [0.717, 1.165) is 25.7 Å². The zero-order chi connectivity index (χ0) is 21.1. The summed E-state index contributed by atoms with van der Waals surface area (Å²) in [6, 6.07) is 5.52. The molecule has 0 radical (unpaired) electrons. The van der Waals surface area contributed by atoms with Crippen LogP contribution in [-0.4, -0.2) is 53.7 Å². The number of nitrogens with zero attached hydrogens (tertiary/aromatic N) is 3. The molecule has 0 bridgehead atoms. The molecule has 0 spiro atoms. The van der Waals surface area contributed by atoms with Gasteiger partial charge in [-0.15, -0.1) is 0 Å². The van der Waals surface area contributed by atoms with Crippen molar-refractivity contribution in [2.24, 2.45) is 5.92 Å². The van der Waals surface area contributed by atoms with Crippen molar-refractivity contribution in [2.75, 3.05) is 20.8 Å². The van der Waals surface area contributed by atoms with Crippen molar-refractivity contribution in [3.05, 3.63) is 24.1 Å². The number of aromatic nitrogens is 2. The summed E-state index contributed by atoms with van der Waals surface area (Å²) in [4.78, 5) is 30.9. The Hall–Kier alpha value is -3.10. The van der Waals surface area contributed by atoms with Crippen LogP contribution in [-0.2, 0) is 20.9 Å². The summed E-state index contributed by atoms with van der Waals surface area (Å²) in [6.45, 7) is 0.291. The molecule has 4 rings (SSSR count). The zero-order valence-electron chi connectivity index (χ0n) is 17.1. The number of benzene rings is 1. The van der Waals surface area contributed by atoms with Crippen LogP contribution in [0.2, 0.25) is 0 Å². The molecule has 1 amide bonds. The first-order valence-corrected chi connectivity index (χ1v) is 10.1. The second kappa shape index (κ2) is 8.73. The van der Waals surface area contributed by atoms with E-state index in [-0.39, 0.29) is 30.9 Å². The van der Waals surface area contributed by atoms with Gasteiger partial charge in [-0.05, 0) is 25.0 Å². The van der Waals surface area contributed by atoms with Crippen LogP contribution < -0.4 is 9.47 Å². The van der Waals surface area contributed by atoms with Crippen molar-refractivity contribution in [1.29, 1.82) is 0 Å². The van der Waals surface area contributed by atoms with Crippen LogP contribution in [0.3, 0.4) is 0 Å². The topological polar surface area (TPSA) is 104 Å². The molecule has 1 saturated heterocycles. The first-order valence-electron chi connectivity index (χ1n) is 10.1. The zero-order valence-corrected chi connectivity index (χ0v) is 17.1. The molecular formula is C21H25N3O6. The highest BCUT2D eigenvalue weighted by molar-refractivity contribution is 5.87. The Morgan fingerprint density at radius 2 is 2.03 bits per heavy atom. The van der Waals surface area contributed by atoms with Gasteiger partial charge in [0.25, 0.3) is 5.89 Å². The van der Waals surface area contributed by atoms with E-state index < -0.39 is 11.9 Å². The van der Waals surface area contributed by atoms with Gasteiger partial charge in [0.2, 0.25) is 11.7 Å². The Morgan fingerprint density at radius 3 is 2.77 bits per heavy atom. The van der Waals surface area contributed by atoms with Crippen molar-refractivity contribution in [3.63, 3.8) is 0 Å². The molecule has 1 aliphatic carbocycles. The van der Waals surface area contributed by atoms with Gasteiger partial charge in [-0.3, -0.25) is 9.59 Å². The Kier molecular flexibility index (Phi) is 5.87. The van der Waals surface area contributed by atoms with Gasteiger partial charge in [0.1, 0.15) is 11.5 Å². The first kappa shape index (κ1) is 20.2. The number of carbonyl (C=O) groups excluding carboxylic acids is 2. The minimum Gasteiger partial charge on any atom is -0.497 e.